The molecule has 0 saturated heterocycles. The maximum atomic E-state index is 12.2. The summed E-state index contributed by atoms with van der Waals surface area (Å²) in [6, 6.07) is 13.2. The molecule has 1 saturated carbocycles. The quantitative estimate of drug-likeness (QED) is 0.640. The van der Waals surface area contributed by atoms with Crippen LogP contribution in [0.15, 0.2) is 48.5 Å². The second-order valence-corrected chi connectivity index (χ2v) is 6.21. The predicted molar refractivity (Wildman–Crippen MR) is 98.6 cm³/mol. The Balaban J connectivity index is 1.50. The predicted octanol–water partition coefficient (Wildman–Crippen LogP) is 2.46. The molecule has 0 aromatic heterocycles. The molecule has 3 rings (SSSR count). The molecular weight excluding hydrogens is 332 g/mol. The number of benzene rings is 2. The molecule has 134 valence electrons. The zero-order valence-corrected chi connectivity index (χ0v) is 14.1. The number of rotatable bonds is 6. The van der Waals surface area contributed by atoms with Crippen LogP contribution < -0.4 is 21.7 Å². The van der Waals surface area contributed by atoms with Crippen molar-refractivity contribution in [1.82, 2.24) is 5.32 Å². The number of nitrogens with two attached hydrogens (primary N) is 1. The van der Waals surface area contributed by atoms with Gasteiger partial charge in [-0.05, 0) is 54.8 Å². The molecule has 0 aliphatic heterocycles. The highest BCUT2D eigenvalue weighted by Crippen LogP contribution is 2.30. The number of amides is 4. The van der Waals surface area contributed by atoms with Crippen LogP contribution in [0.5, 0.6) is 0 Å². The standard InChI is InChI=1S/C19H20N4O3/c20-19(26)23-16-9-5-13(6-10-16)17(24)21-11-12-1-7-15(8-2-12)22-18(25)14-3-4-14/h1-2,5-10,14H,3-4,11H2,(H,21,24)(H,22,25)(H3,20,23,26). The van der Waals surface area contributed by atoms with Crippen molar-refractivity contribution in [3.63, 3.8) is 0 Å². The topological polar surface area (TPSA) is 113 Å². The first-order valence-corrected chi connectivity index (χ1v) is 8.36. The lowest BCUT2D eigenvalue weighted by molar-refractivity contribution is -0.117. The highest BCUT2D eigenvalue weighted by Gasteiger charge is 2.29. The summed E-state index contributed by atoms with van der Waals surface area (Å²) < 4.78 is 0. The van der Waals surface area contributed by atoms with Crippen LogP contribution in [0.4, 0.5) is 16.2 Å². The van der Waals surface area contributed by atoms with E-state index in [-0.39, 0.29) is 17.7 Å². The van der Waals surface area contributed by atoms with Crippen molar-refractivity contribution in [3.05, 3.63) is 59.7 Å². The van der Waals surface area contributed by atoms with Gasteiger partial charge in [0.15, 0.2) is 0 Å². The van der Waals surface area contributed by atoms with E-state index in [9.17, 15) is 14.4 Å². The zero-order chi connectivity index (χ0) is 18.5. The monoisotopic (exact) mass is 352 g/mol. The van der Waals surface area contributed by atoms with Crippen molar-refractivity contribution in [3.8, 4) is 0 Å². The highest BCUT2D eigenvalue weighted by atomic mass is 16.2. The van der Waals surface area contributed by atoms with E-state index < -0.39 is 6.03 Å². The van der Waals surface area contributed by atoms with Crippen molar-refractivity contribution >= 4 is 29.2 Å². The first-order chi connectivity index (χ1) is 12.5. The van der Waals surface area contributed by atoms with E-state index in [1.807, 2.05) is 24.3 Å². The molecule has 7 heteroatoms. The normalized spacial score (nSPS) is 12.9. The molecule has 2 aromatic carbocycles. The Hall–Kier alpha value is -3.35. The summed E-state index contributed by atoms with van der Waals surface area (Å²) in [5, 5.41) is 8.14. The maximum Gasteiger partial charge on any atom is 0.316 e. The van der Waals surface area contributed by atoms with Crippen molar-refractivity contribution in [2.24, 2.45) is 11.7 Å². The molecule has 2 aromatic rings. The largest absolute Gasteiger partial charge is 0.351 e. The first-order valence-electron chi connectivity index (χ1n) is 8.36. The van der Waals surface area contributed by atoms with Crippen molar-refractivity contribution < 1.29 is 14.4 Å². The average molecular weight is 352 g/mol. The van der Waals surface area contributed by atoms with Crippen molar-refractivity contribution in [2.45, 2.75) is 19.4 Å². The molecule has 26 heavy (non-hydrogen) atoms. The lowest BCUT2D eigenvalue weighted by Crippen LogP contribution is -2.23. The van der Waals surface area contributed by atoms with Gasteiger partial charge in [0.1, 0.15) is 0 Å². The summed E-state index contributed by atoms with van der Waals surface area (Å²) in [6.45, 7) is 0.372. The second-order valence-electron chi connectivity index (χ2n) is 6.21. The number of carbonyl (C=O) groups excluding carboxylic acids is 3. The molecule has 0 atom stereocenters. The van der Waals surface area contributed by atoms with Gasteiger partial charge in [0.05, 0.1) is 0 Å². The molecular formula is C19H20N4O3. The van der Waals surface area contributed by atoms with Crippen LogP contribution in [-0.2, 0) is 11.3 Å². The Kier molecular flexibility index (Phi) is 5.17. The van der Waals surface area contributed by atoms with Crippen LogP contribution in [0.3, 0.4) is 0 Å². The van der Waals surface area contributed by atoms with E-state index in [4.69, 9.17) is 5.73 Å². The van der Waals surface area contributed by atoms with E-state index in [1.165, 1.54) is 0 Å². The van der Waals surface area contributed by atoms with E-state index in [1.54, 1.807) is 24.3 Å². The number of hydrogen-bond acceptors (Lipinski definition) is 3. The Morgan fingerprint density at radius 1 is 0.885 bits per heavy atom. The summed E-state index contributed by atoms with van der Waals surface area (Å²) in [5.74, 6) is 0.0144. The number of carbonyl (C=O) groups is 3. The maximum absolute atomic E-state index is 12.2. The SMILES string of the molecule is NC(=O)Nc1ccc(C(=O)NCc2ccc(NC(=O)C3CC3)cc2)cc1. The van der Waals surface area contributed by atoms with Crippen LogP contribution in [0.25, 0.3) is 0 Å². The Bertz CT molecular complexity index is 812. The molecule has 5 N–H and O–H groups in total. The van der Waals surface area contributed by atoms with E-state index in [0.717, 1.165) is 24.1 Å². The van der Waals surface area contributed by atoms with Gasteiger partial charge in [-0.15, -0.1) is 0 Å². The molecule has 0 heterocycles. The fourth-order valence-electron chi connectivity index (χ4n) is 2.43. The third-order valence-corrected chi connectivity index (χ3v) is 4.04. The van der Waals surface area contributed by atoms with Crippen LogP contribution in [0.1, 0.15) is 28.8 Å². The number of primary amides is 1. The third kappa shape index (κ3) is 4.83. The van der Waals surface area contributed by atoms with Gasteiger partial charge in [0.25, 0.3) is 5.91 Å². The minimum atomic E-state index is -0.654. The lowest BCUT2D eigenvalue weighted by atomic mass is 10.1. The smallest absolute Gasteiger partial charge is 0.316 e. The Morgan fingerprint density at radius 3 is 2.04 bits per heavy atom. The summed E-state index contributed by atoms with van der Waals surface area (Å²) >= 11 is 0. The molecule has 0 radical (unpaired) electrons. The van der Waals surface area contributed by atoms with Gasteiger partial charge in [0.2, 0.25) is 5.91 Å². The molecule has 0 bridgehead atoms. The number of nitrogens with one attached hydrogen (secondary N) is 3. The van der Waals surface area contributed by atoms with Crippen molar-refractivity contribution in [2.75, 3.05) is 10.6 Å². The molecule has 4 amide bonds. The average Bonchev–Trinajstić information content (AvgIpc) is 3.46. The van der Waals surface area contributed by atoms with Gasteiger partial charge in [0, 0.05) is 29.4 Å². The van der Waals surface area contributed by atoms with Crippen LogP contribution in [0.2, 0.25) is 0 Å². The van der Waals surface area contributed by atoms with E-state index in [0.29, 0.717) is 17.8 Å². The van der Waals surface area contributed by atoms with Gasteiger partial charge >= 0.3 is 6.03 Å². The fourth-order valence-corrected chi connectivity index (χ4v) is 2.43. The van der Waals surface area contributed by atoms with Crippen LogP contribution in [0, 0.1) is 5.92 Å². The third-order valence-electron chi connectivity index (χ3n) is 4.04. The highest BCUT2D eigenvalue weighted by molar-refractivity contribution is 5.95. The number of hydrogen-bond donors (Lipinski definition) is 4. The number of urea groups is 1. The molecule has 1 fully saturated rings. The second kappa shape index (κ2) is 7.69. The minimum absolute atomic E-state index is 0.0697. The van der Waals surface area contributed by atoms with E-state index >= 15 is 0 Å². The van der Waals surface area contributed by atoms with Gasteiger partial charge in [-0.2, -0.15) is 0 Å². The molecule has 7 nitrogen and oxygen atoms in total. The number of anilines is 2. The summed E-state index contributed by atoms with van der Waals surface area (Å²) in [6.07, 6.45) is 1.94. The molecule has 0 unspecified atom stereocenters. The fraction of sp³-hybridized carbons (Fsp3) is 0.211. The molecule has 1 aliphatic carbocycles. The van der Waals surface area contributed by atoms with E-state index in [2.05, 4.69) is 16.0 Å². The van der Waals surface area contributed by atoms with Gasteiger partial charge in [-0.1, -0.05) is 12.1 Å². The van der Waals surface area contributed by atoms with Gasteiger partial charge < -0.3 is 21.7 Å². The van der Waals surface area contributed by atoms with Crippen LogP contribution in [-0.4, -0.2) is 17.8 Å². The summed E-state index contributed by atoms with van der Waals surface area (Å²) in [5.41, 5.74) is 7.73. The van der Waals surface area contributed by atoms with Crippen molar-refractivity contribution in [1.29, 1.82) is 0 Å². The first kappa shape index (κ1) is 17.5. The Morgan fingerprint density at radius 2 is 1.46 bits per heavy atom. The lowest BCUT2D eigenvalue weighted by Gasteiger charge is -2.08. The summed E-state index contributed by atoms with van der Waals surface area (Å²) in [7, 11) is 0. The Labute approximate surface area is 151 Å². The molecule has 1 aliphatic rings. The van der Waals surface area contributed by atoms with Gasteiger partial charge in [-0.3, -0.25) is 9.59 Å². The van der Waals surface area contributed by atoms with Crippen LogP contribution >= 0.6 is 0 Å². The molecule has 0 spiro atoms. The summed E-state index contributed by atoms with van der Waals surface area (Å²) in [4.78, 5) is 34.7. The zero-order valence-electron chi connectivity index (χ0n) is 14.1. The van der Waals surface area contributed by atoms with Gasteiger partial charge in [-0.25, -0.2) is 4.79 Å². The minimum Gasteiger partial charge on any atom is -0.351 e.